The molecule has 172 valence electrons. The normalized spacial score (nSPS) is 23.9. The van der Waals surface area contributed by atoms with E-state index >= 15 is 0 Å². The van der Waals surface area contributed by atoms with E-state index in [1.54, 1.807) is 4.90 Å². The number of carbonyl (C=O) groups is 2. The highest BCUT2D eigenvalue weighted by Gasteiger charge is 2.42. The lowest BCUT2D eigenvalue weighted by Gasteiger charge is -2.29. The van der Waals surface area contributed by atoms with Gasteiger partial charge in [-0.3, -0.25) is 14.6 Å². The minimum atomic E-state index is -0.355. The summed E-state index contributed by atoms with van der Waals surface area (Å²) in [5, 5.41) is 6.85. The Labute approximate surface area is 198 Å². The van der Waals surface area contributed by atoms with Crippen LogP contribution in [0.15, 0.2) is 4.99 Å². The molecule has 1 atom stereocenters. The predicted molar refractivity (Wildman–Crippen MR) is 131 cm³/mol. The summed E-state index contributed by atoms with van der Waals surface area (Å²) in [7, 11) is 3.67. The summed E-state index contributed by atoms with van der Waals surface area (Å²) < 4.78 is 0. The number of aliphatic imine (C=N–C) groups is 1. The van der Waals surface area contributed by atoms with Crippen molar-refractivity contribution in [2.75, 3.05) is 40.3 Å². The van der Waals surface area contributed by atoms with Crippen LogP contribution in [-0.4, -0.2) is 73.9 Å². The fourth-order valence-electron chi connectivity index (χ4n) is 5.22. The van der Waals surface area contributed by atoms with Crippen molar-refractivity contribution in [3.8, 4) is 0 Å². The summed E-state index contributed by atoms with van der Waals surface area (Å²) in [4.78, 5) is 34.1. The number of nitrogens with zero attached hydrogens (tertiary/aromatic N) is 3. The van der Waals surface area contributed by atoms with E-state index in [9.17, 15) is 9.59 Å². The number of hydrogen-bond donors (Lipinski definition) is 2. The van der Waals surface area contributed by atoms with Crippen LogP contribution in [0, 0.1) is 11.3 Å². The van der Waals surface area contributed by atoms with Crippen molar-refractivity contribution in [1.82, 2.24) is 20.4 Å². The van der Waals surface area contributed by atoms with Crippen LogP contribution in [0.1, 0.15) is 64.7 Å². The molecule has 2 amide bonds. The maximum atomic E-state index is 12.8. The molecule has 0 spiro atoms. The van der Waals surface area contributed by atoms with Gasteiger partial charge in [-0.1, -0.05) is 25.7 Å². The van der Waals surface area contributed by atoms with E-state index < -0.39 is 0 Å². The zero-order chi connectivity index (χ0) is 20.9. The van der Waals surface area contributed by atoms with Crippen LogP contribution in [0.5, 0.6) is 0 Å². The topological polar surface area (TPSA) is 77.0 Å². The molecule has 30 heavy (non-hydrogen) atoms. The lowest BCUT2D eigenvalue weighted by atomic mass is 9.85. The Morgan fingerprint density at radius 2 is 1.77 bits per heavy atom. The van der Waals surface area contributed by atoms with Gasteiger partial charge in [0, 0.05) is 45.7 Å². The molecule has 2 N–H and O–H groups in total. The second-order valence-corrected chi connectivity index (χ2v) is 9.28. The second-order valence-electron chi connectivity index (χ2n) is 9.28. The van der Waals surface area contributed by atoms with Crippen LogP contribution in [0.4, 0.5) is 0 Å². The average molecular weight is 533 g/mol. The minimum Gasteiger partial charge on any atom is -0.357 e. The molecule has 1 saturated heterocycles. The second kappa shape index (κ2) is 11.5. The van der Waals surface area contributed by atoms with Crippen molar-refractivity contribution < 1.29 is 9.59 Å². The summed E-state index contributed by atoms with van der Waals surface area (Å²) in [6.07, 6.45) is 9.47. The van der Waals surface area contributed by atoms with Crippen molar-refractivity contribution in [3.63, 3.8) is 0 Å². The van der Waals surface area contributed by atoms with Crippen LogP contribution in [0.25, 0.3) is 0 Å². The summed E-state index contributed by atoms with van der Waals surface area (Å²) >= 11 is 0. The molecular weight excluding hydrogens is 493 g/mol. The third-order valence-electron chi connectivity index (χ3n) is 6.85. The first-order valence-electron chi connectivity index (χ1n) is 11.5. The van der Waals surface area contributed by atoms with Crippen LogP contribution < -0.4 is 10.6 Å². The van der Waals surface area contributed by atoms with Crippen molar-refractivity contribution in [2.24, 2.45) is 16.3 Å². The van der Waals surface area contributed by atoms with Gasteiger partial charge in [-0.15, -0.1) is 24.0 Å². The molecule has 1 aliphatic heterocycles. The van der Waals surface area contributed by atoms with E-state index in [0.29, 0.717) is 12.5 Å². The number of guanidine groups is 1. The molecule has 0 aromatic heterocycles. The van der Waals surface area contributed by atoms with Gasteiger partial charge in [0.2, 0.25) is 11.8 Å². The van der Waals surface area contributed by atoms with Gasteiger partial charge in [0.05, 0.1) is 12.0 Å². The lowest BCUT2D eigenvalue weighted by Crippen LogP contribution is -2.47. The molecule has 0 radical (unpaired) electrons. The number of halogens is 1. The van der Waals surface area contributed by atoms with Gasteiger partial charge in [0.15, 0.2) is 5.96 Å². The third kappa shape index (κ3) is 6.01. The van der Waals surface area contributed by atoms with E-state index in [-0.39, 0.29) is 47.3 Å². The maximum Gasteiger partial charge on any atom is 0.230 e. The highest BCUT2D eigenvalue weighted by molar-refractivity contribution is 14.0. The molecule has 2 aliphatic carbocycles. The number of carbonyl (C=O) groups excluding carboxylic acids is 2. The van der Waals surface area contributed by atoms with Gasteiger partial charge >= 0.3 is 0 Å². The van der Waals surface area contributed by atoms with E-state index in [2.05, 4.69) is 17.6 Å². The molecular formula is C22H40IN5O2. The lowest BCUT2D eigenvalue weighted by molar-refractivity contribution is -0.138. The standard InChI is InChI=1S/C22H39N5O2.HI/c1-4-23-21(24-16-22(12-7-8-13-22)20(29)26(2)3)25-18-11-14-27(15-18)19(28)17-9-5-6-10-17;/h17-18H,4-16H2,1-3H3,(H2,23,24,25);1H. The molecule has 1 unspecified atom stereocenters. The van der Waals surface area contributed by atoms with Gasteiger partial charge < -0.3 is 20.4 Å². The van der Waals surface area contributed by atoms with Crippen molar-refractivity contribution in [2.45, 2.75) is 70.8 Å². The smallest absolute Gasteiger partial charge is 0.230 e. The Kier molecular flexibility index (Phi) is 9.68. The fraction of sp³-hybridized carbons (Fsp3) is 0.864. The van der Waals surface area contributed by atoms with Crippen molar-refractivity contribution in [1.29, 1.82) is 0 Å². The van der Waals surface area contributed by atoms with Crippen molar-refractivity contribution >= 4 is 41.8 Å². The Bertz CT molecular complexity index is 613. The Hall–Kier alpha value is -1.06. The quantitative estimate of drug-likeness (QED) is 0.313. The molecule has 3 rings (SSSR count). The van der Waals surface area contributed by atoms with Crippen molar-refractivity contribution in [3.05, 3.63) is 0 Å². The molecule has 3 aliphatic rings. The molecule has 7 nitrogen and oxygen atoms in total. The number of likely N-dealkylation sites (tertiary alicyclic amines) is 1. The highest BCUT2D eigenvalue weighted by Crippen LogP contribution is 2.39. The SMILES string of the molecule is CCNC(=NCC1(C(=O)N(C)C)CCCC1)NC1CCN(C(=O)C2CCCC2)C1.I. The summed E-state index contributed by atoms with van der Waals surface area (Å²) in [5.41, 5.74) is -0.355. The van der Waals surface area contributed by atoms with Gasteiger partial charge in [-0.2, -0.15) is 0 Å². The zero-order valence-electron chi connectivity index (χ0n) is 18.9. The Balaban J connectivity index is 0.00000320. The first-order chi connectivity index (χ1) is 13.9. The van der Waals surface area contributed by atoms with Crippen LogP contribution in [0.2, 0.25) is 0 Å². The zero-order valence-corrected chi connectivity index (χ0v) is 21.2. The predicted octanol–water partition coefficient (Wildman–Crippen LogP) is 2.60. The van der Waals surface area contributed by atoms with E-state index in [1.165, 1.54) is 12.8 Å². The number of amides is 2. The number of rotatable bonds is 6. The van der Waals surface area contributed by atoms with E-state index in [4.69, 9.17) is 4.99 Å². The number of hydrogen-bond acceptors (Lipinski definition) is 3. The van der Waals surface area contributed by atoms with Crippen LogP contribution in [-0.2, 0) is 9.59 Å². The van der Waals surface area contributed by atoms with Gasteiger partial charge in [-0.25, -0.2) is 0 Å². The van der Waals surface area contributed by atoms with Crippen LogP contribution >= 0.6 is 24.0 Å². The Morgan fingerprint density at radius 1 is 1.10 bits per heavy atom. The molecule has 8 heteroatoms. The fourth-order valence-corrected chi connectivity index (χ4v) is 5.22. The summed E-state index contributed by atoms with van der Waals surface area (Å²) in [6, 6.07) is 0.224. The molecule has 2 saturated carbocycles. The first kappa shape index (κ1) is 25.2. The molecule has 0 aromatic rings. The molecule has 0 aromatic carbocycles. The molecule has 3 fully saturated rings. The van der Waals surface area contributed by atoms with Gasteiger partial charge in [-0.05, 0) is 39.0 Å². The average Bonchev–Trinajstić information content (AvgIpc) is 3.47. The number of nitrogens with one attached hydrogen (secondary N) is 2. The minimum absolute atomic E-state index is 0. The molecule has 0 bridgehead atoms. The largest absolute Gasteiger partial charge is 0.357 e. The van der Waals surface area contributed by atoms with Crippen LogP contribution in [0.3, 0.4) is 0 Å². The van der Waals surface area contributed by atoms with E-state index in [1.807, 2.05) is 19.0 Å². The Morgan fingerprint density at radius 3 is 2.37 bits per heavy atom. The summed E-state index contributed by atoms with van der Waals surface area (Å²) in [6.45, 7) is 4.93. The van der Waals surface area contributed by atoms with Gasteiger partial charge in [0.1, 0.15) is 0 Å². The third-order valence-corrected chi connectivity index (χ3v) is 6.85. The molecule has 1 heterocycles. The monoisotopic (exact) mass is 533 g/mol. The summed E-state index contributed by atoms with van der Waals surface area (Å²) in [5.74, 6) is 1.56. The van der Waals surface area contributed by atoms with E-state index in [0.717, 1.165) is 70.5 Å². The van der Waals surface area contributed by atoms with Gasteiger partial charge in [0.25, 0.3) is 0 Å². The first-order valence-corrected chi connectivity index (χ1v) is 11.5. The highest BCUT2D eigenvalue weighted by atomic mass is 127. The maximum absolute atomic E-state index is 12.8.